The molecule has 5 nitrogen and oxygen atoms in total. The van der Waals surface area contributed by atoms with Crippen LogP contribution < -0.4 is 4.74 Å². The molecule has 0 bridgehead atoms. The van der Waals surface area contributed by atoms with E-state index in [0.717, 1.165) is 24.0 Å². The van der Waals surface area contributed by atoms with E-state index < -0.39 is 5.97 Å². The Balaban J connectivity index is 1.96. The van der Waals surface area contributed by atoms with Crippen LogP contribution in [0.1, 0.15) is 50.3 Å². The number of amides is 1. The zero-order valence-electron chi connectivity index (χ0n) is 16.6. The van der Waals surface area contributed by atoms with Crippen LogP contribution in [0, 0.1) is 0 Å². The maximum atomic E-state index is 12.8. The van der Waals surface area contributed by atoms with Gasteiger partial charge in [-0.15, -0.1) is 0 Å². The van der Waals surface area contributed by atoms with Gasteiger partial charge in [-0.3, -0.25) is 9.59 Å². The van der Waals surface area contributed by atoms with Gasteiger partial charge in [0, 0.05) is 13.0 Å². The van der Waals surface area contributed by atoms with Crippen LogP contribution in [-0.4, -0.2) is 35.0 Å². The molecular weight excluding hydrogens is 354 g/mol. The molecule has 0 radical (unpaired) electrons. The second kappa shape index (κ2) is 11.1. The molecule has 5 heteroatoms. The lowest BCUT2D eigenvalue weighted by Gasteiger charge is -2.29. The Bertz CT molecular complexity index is 743. The topological polar surface area (TPSA) is 66.8 Å². The largest absolute Gasteiger partial charge is 0.484 e. The number of aryl methyl sites for hydroxylation is 1. The fraction of sp³-hybridized carbons (Fsp3) is 0.391. The van der Waals surface area contributed by atoms with Gasteiger partial charge < -0.3 is 14.7 Å². The van der Waals surface area contributed by atoms with E-state index in [2.05, 4.69) is 6.92 Å². The summed E-state index contributed by atoms with van der Waals surface area (Å²) in [5.74, 6) is -0.249. The first-order valence-corrected chi connectivity index (χ1v) is 9.79. The fourth-order valence-corrected chi connectivity index (χ4v) is 3.01. The molecule has 0 saturated heterocycles. The molecule has 2 aromatic carbocycles. The van der Waals surface area contributed by atoms with Crippen molar-refractivity contribution in [1.29, 1.82) is 0 Å². The van der Waals surface area contributed by atoms with Gasteiger partial charge in [-0.1, -0.05) is 55.8 Å². The van der Waals surface area contributed by atoms with Crippen molar-refractivity contribution in [1.82, 2.24) is 4.90 Å². The average Bonchev–Trinajstić information content (AvgIpc) is 2.72. The predicted molar refractivity (Wildman–Crippen MR) is 109 cm³/mol. The molecule has 2 rings (SSSR count). The highest BCUT2D eigenvalue weighted by Gasteiger charge is 2.21. The highest BCUT2D eigenvalue weighted by Crippen LogP contribution is 2.21. The van der Waals surface area contributed by atoms with E-state index in [4.69, 9.17) is 9.84 Å². The van der Waals surface area contributed by atoms with E-state index in [9.17, 15) is 9.59 Å². The highest BCUT2D eigenvalue weighted by atomic mass is 16.5. The van der Waals surface area contributed by atoms with Crippen molar-refractivity contribution in [3.63, 3.8) is 0 Å². The summed E-state index contributed by atoms with van der Waals surface area (Å²) in [6.45, 7) is 4.83. The number of carboxylic acids is 1. The standard InChI is InChI=1S/C23H29NO4/c1-3-4-16-24(18(2)20-8-6-5-7-9-20)22(25)17-28-21-13-10-19(11-14-21)12-15-23(26)27/h5-11,13-14,18H,3-4,12,15-17H2,1-2H3,(H,26,27). The Labute approximate surface area is 166 Å². The van der Waals surface area contributed by atoms with Crippen LogP contribution in [0.3, 0.4) is 0 Å². The fourth-order valence-electron chi connectivity index (χ4n) is 3.01. The Morgan fingerprint density at radius 2 is 1.75 bits per heavy atom. The number of ether oxygens (including phenoxy) is 1. The van der Waals surface area contributed by atoms with Gasteiger partial charge in [-0.2, -0.15) is 0 Å². The summed E-state index contributed by atoms with van der Waals surface area (Å²) in [5.41, 5.74) is 2.04. The third kappa shape index (κ3) is 6.72. The van der Waals surface area contributed by atoms with Gasteiger partial charge in [0.25, 0.3) is 5.91 Å². The van der Waals surface area contributed by atoms with Crippen LogP contribution in [0.25, 0.3) is 0 Å². The lowest BCUT2D eigenvalue weighted by molar-refractivity contribution is -0.137. The van der Waals surface area contributed by atoms with Gasteiger partial charge in [0.2, 0.25) is 0 Å². The predicted octanol–water partition coefficient (Wildman–Crippen LogP) is 4.47. The molecule has 0 aliphatic carbocycles. The van der Waals surface area contributed by atoms with Gasteiger partial charge >= 0.3 is 5.97 Å². The highest BCUT2D eigenvalue weighted by molar-refractivity contribution is 5.78. The molecule has 0 saturated carbocycles. The summed E-state index contributed by atoms with van der Waals surface area (Å²) >= 11 is 0. The molecular formula is C23H29NO4. The van der Waals surface area contributed by atoms with Crippen molar-refractivity contribution < 1.29 is 19.4 Å². The number of hydrogen-bond donors (Lipinski definition) is 1. The molecule has 150 valence electrons. The van der Waals surface area contributed by atoms with E-state index in [1.165, 1.54) is 0 Å². The number of carboxylic acid groups (broad SMARTS) is 1. The average molecular weight is 383 g/mol. The molecule has 1 atom stereocenters. The van der Waals surface area contributed by atoms with E-state index in [1.54, 1.807) is 12.1 Å². The molecule has 1 N–H and O–H groups in total. The van der Waals surface area contributed by atoms with Gasteiger partial charge in [-0.25, -0.2) is 0 Å². The number of benzene rings is 2. The number of rotatable bonds is 11. The zero-order chi connectivity index (χ0) is 20.4. The molecule has 1 unspecified atom stereocenters. The number of unbranched alkanes of at least 4 members (excludes halogenated alkanes) is 1. The van der Waals surface area contributed by atoms with Gasteiger partial charge in [0.05, 0.1) is 6.04 Å². The summed E-state index contributed by atoms with van der Waals surface area (Å²) in [7, 11) is 0. The van der Waals surface area contributed by atoms with Crippen LogP contribution in [0.4, 0.5) is 0 Å². The second-order valence-electron chi connectivity index (χ2n) is 6.85. The van der Waals surface area contributed by atoms with Crippen LogP contribution in [-0.2, 0) is 16.0 Å². The van der Waals surface area contributed by atoms with Gasteiger partial charge in [0.15, 0.2) is 6.61 Å². The summed E-state index contributed by atoms with van der Waals surface area (Å²) in [4.78, 5) is 25.3. The van der Waals surface area contributed by atoms with E-state index in [0.29, 0.717) is 18.7 Å². The number of hydrogen-bond acceptors (Lipinski definition) is 3. The third-order valence-corrected chi connectivity index (χ3v) is 4.74. The molecule has 0 fully saturated rings. The molecule has 1 amide bonds. The zero-order valence-corrected chi connectivity index (χ0v) is 16.6. The third-order valence-electron chi connectivity index (χ3n) is 4.74. The van der Waals surface area contributed by atoms with Crippen LogP contribution in [0.5, 0.6) is 5.75 Å². The van der Waals surface area contributed by atoms with Crippen molar-refractivity contribution in [3.8, 4) is 5.75 Å². The molecule has 28 heavy (non-hydrogen) atoms. The monoisotopic (exact) mass is 383 g/mol. The van der Waals surface area contributed by atoms with Gasteiger partial charge in [-0.05, 0) is 43.0 Å². The SMILES string of the molecule is CCCCN(C(=O)COc1ccc(CCC(=O)O)cc1)C(C)c1ccccc1. The maximum Gasteiger partial charge on any atom is 0.303 e. The second-order valence-corrected chi connectivity index (χ2v) is 6.85. The lowest BCUT2D eigenvalue weighted by Crippen LogP contribution is -2.37. The summed E-state index contributed by atoms with van der Waals surface area (Å²) in [6, 6.07) is 17.2. The van der Waals surface area contributed by atoms with Crippen LogP contribution in [0.2, 0.25) is 0 Å². The van der Waals surface area contributed by atoms with Crippen molar-refractivity contribution in [2.75, 3.05) is 13.2 Å². The first kappa shape index (κ1) is 21.5. The molecule has 0 aromatic heterocycles. The van der Waals surface area contributed by atoms with E-state index >= 15 is 0 Å². The minimum Gasteiger partial charge on any atom is -0.484 e. The summed E-state index contributed by atoms with van der Waals surface area (Å²) in [5, 5.41) is 8.75. The smallest absolute Gasteiger partial charge is 0.303 e. The maximum absolute atomic E-state index is 12.8. The normalized spacial score (nSPS) is 11.6. The first-order valence-electron chi connectivity index (χ1n) is 9.79. The summed E-state index contributed by atoms with van der Waals surface area (Å²) < 4.78 is 5.69. The van der Waals surface area contributed by atoms with Crippen LogP contribution in [0.15, 0.2) is 54.6 Å². The van der Waals surface area contributed by atoms with E-state index in [1.807, 2.05) is 54.3 Å². The lowest BCUT2D eigenvalue weighted by atomic mass is 10.1. The number of nitrogens with zero attached hydrogens (tertiary/aromatic N) is 1. The Morgan fingerprint density at radius 3 is 2.36 bits per heavy atom. The molecule has 0 aliphatic heterocycles. The van der Waals surface area contributed by atoms with Gasteiger partial charge in [0.1, 0.15) is 5.75 Å². The van der Waals surface area contributed by atoms with Crippen LogP contribution >= 0.6 is 0 Å². The van der Waals surface area contributed by atoms with Crippen molar-refractivity contribution in [2.45, 2.75) is 45.6 Å². The quantitative estimate of drug-likeness (QED) is 0.622. The number of aliphatic carboxylic acids is 1. The molecule has 0 spiro atoms. The Morgan fingerprint density at radius 1 is 1.07 bits per heavy atom. The molecule has 2 aromatic rings. The van der Waals surface area contributed by atoms with Crippen molar-refractivity contribution in [3.05, 3.63) is 65.7 Å². The molecule has 0 heterocycles. The minimum atomic E-state index is -0.814. The van der Waals surface area contributed by atoms with E-state index in [-0.39, 0.29) is 25.0 Å². The molecule has 0 aliphatic rings. The number of carbonyl (C=O) groups excluding carboxylic acids is 1. The minimum absolute atomic E-state index is 0.0118. The Kier molecular flexibility index (Phi) is 8.53. The Hall–Kier alpha value is -2.82. The number of carbonyl (C=O) groups is 2. The summed E-state index contributed by atoms with van der Waals surface area (Å²) in [6.07, 6.45) is 2.54. The first-order chi connectivity index (χ1) is 13.5. The van der Waals surface area contributed by atoms with Crippen molar-refractivity contribution in [2.24, 2.45) is 0 Å². The van der Waals surface area contributed by atoms with Crippen molar-refractivity contribution >= 4 is 11.9 Å².